The van der Waals surface area contributed by atoms with Gasteiger partial charge in [0.25, 0.3) is 0 Å². The number of nitrogens with one attached hydrogen (secondary N) is 1. The highest BCUT2D eigenvalue weighted by atomic mass is 19.1. The van der Waals surface area contributed by atoms with Crippen LogP contribution in [0.1, 0.15) is 29.7 Å². The van der Waals surface area contributed by atoms with Crippen LogP contribution in [0.5, 0.6) is 0 Å². The summed E-state index contributed by atoms with van der Waals surface area (Å²) >= 11 is 0. The van der Waals surface area contributed by atoms with Crippen LogP contribution in [0.15, 0.2) is 36.4 Å². The molecule has 2 aromatic carbocycles. The Bertz CT molecular complexity index is 593. The molecule has 0 heterocycles. The van der Waals surface area contributed by atoms with E-state index in [0.29, 0.717) is 11.3 Å². The second kappa shape index (κ2) is 5.39. The summed E-state index contributed by atoms with van der Waals surface area (Å²) in [7, 11) is 0. The van der Waals surface area contributed by atoms with Crippen LogP contribution >= 0.6 is 0 Å². The fraction of sp³-hybridized carbons (Fsp3) is 0.250. The van der Waals surface area contributed by atoms with E-state index in [1.807, 2.05) is 19.9 Å². The number of rotatable bonds is 3. The highest BCUT2D eigenvalue weighted by Gasteiger charge is 2.10. The van der Waals surface area contributed by atoms with Crippen LogP contribution in [-0.4, -0.2) is 0 Å². The van der Waals surface area contributed by atoms with E-state index >= 15 is 0 Å². The maximum Gasteiger partial charge on any atom is 0.146 e. The quantitative estimate of drug-likeness (QED) is 0.840. The number of aryl methyl sites for hydroxylation is 2. The van der Waals surface area contributed by atoms with Crippen molar-refractivity contribution in [1.29, 1.82) is 0 Å². The maximum absolute atomic E-state index is 13.7. The zero-order valence-corrected chi connectivity index (χ0v) is 11.3. The Morgan fingerprint density at radius 3 is 2.37 bits per heavy atom. The smallest absolute Gasteiger partial charge is 0.146 e. The lowest BCUT2D eigenvalue weighted by Crippen LogP contribution is -2.08. The van der Waals surface area contributed by atoms with Crippen LogP contribution in [0.25, 0.3) is 0 Å². The molecule has 0 saturated carbocycles. The van der Waals surface area contributed by atoms with Crippen molar-refractivity contribution in [2.24, 2.45) is 0 Å². The van der Waals surface area contributed by atoms with Crippen molar-refractivity contribution >= 4 is 5.69 Å². The Morgan fingerprint density at radius 2 is 1.68 bits per heavy atom. The van der Waals surface area contributed by atoms with Crippen molar-refractivity contribution < 1.29 is 8.78 Å². The molecular weight excluding hydrogens is 244 g/mol. The molecule has 3 heteroatoms. The van der Waals surface area contributed by atoms with E-state index in [9.17, 15) is 8.78 Å². The molecule has 0 aromatic heterocycles. The van der Waals surface area contributed by atoms with E-state index in [-0.39, 0.29) is 17.7 Å². The summed E-state index contributed by atoms with van der Waals surface area (Å²) in [5.41, 5.74) is 2.82. The van der Waals surface area contributed by atoms with Gasteiger partial charge in [-0.15, -0.1) is 0 Å². The zero-order valence-electron chi connectivity index (χ0n) is 11.3. The Kier molecular flexibility index (Phi) is 3.84. The first-order valence-electron chi connectivity index (χ1n) is 6.26. The molecule has 0 fully saturated rings. The minimum atomic E-state index is -0.301. The van der Waals surface area contributed by atoms with E-state index in [1.165, 1.54) is 12.1 Å². The molecule has 0 aliphatic rings. The van der Waals surface area contributed by atoms with Crippen molar-refractivity contribution in [3.05, 3.63) is 64.7 Å². The van der Waals surface area contributed by atoms with Gasteiger partial charge in [0.05, 0.1) is 5.69 Å². The first-order valence-corrected chi connectivity index (χ1v) is 6.26. The van der Waals surface area contributed by atoms with Gasteiger partial charge in [0.1, 0.15) is 11.6 Å². The second-order valence-electron chi connectivity index (χ2n) is 4.86. The van der Waals surface area contributed by atoms with E-state index in [1.54, 1.807) is 25.1 Å². The maximum atomic E-state index is 13.7. The van der Waals surface area contributed by atoms with E-state index in [2.05, 4.69) is 5.32 Å². The monoisotopic (exact) mass is 261 g/mol. The Morgan fingerprint density at radius 1 is 0.947 bits per heavy atom. The SMILES string of the molecule is Cc1ccc(F)c(NC(C)c2ccc(C)c(F)c2)c1. The van der Waals surface area contributed by atoms with Crippen LogP contribution in [-0.2, 0) is 0 Å². The third-order valence-corrected chi connectivity index (χ3v) is 3.19. The fourth-order valence-electron chi connectivity index (χ4n) is 1.94. The summed E-state index contributed by atoms with van der Waals surface area (Å²) in [6.07, 6.45) is 0. The molecule has 1 unspecified atom stereocenters. The molecule has 0 radical (unpaired) electrons. The predicted molar refractivity (Wildman–Crippen MR) is 74.3 cm³/mol. The Labute approximate surface area is 112 Å². The van der Waals surface area contributed by atoms with E-state index in [4.69, 9.17) is 0 Å². The normalized spacial score (nSPS) is 12.3. The van der Waals surface area contributed by atoms with Gasteiger partial charge < -0.3 is 5.32 Å². The van der Waals surface area contributed by atoms with Gasteiger partial charge in [-0.3, -0.25) is 0 Å². The molecule has 0 bridgehead atoms. The van der Waals surface area contributed by atoms with Gasteiger partial charge in [-0.1, -0.05) is 18.2 Å². The van der Waals surface area contributed by atoms with Crippen LogP contribution < -0.4 is 5.32 Å². The van der Waals surface area contributed by atoms with Crippen molar-refractivity contribution in [3.8, 4) is 0 Å². The van der Waals surface area contributed by atoms with Gasteiger partial charge >= 0.3 is 0 Å². The molecular formula is C16H17F2N. The zero-order chi connectivity index (χ0) is 14.0. The first kappa shape index (κ1) is 13.5. The van der Waals surface area contributed by atoms with E-state index < -0.39 is 0 Å². The van der Waals surface area contributed by atoms with Crippen LogP contribution in [0, 0.1) is 25.5 Å². The summed E-state index contributed by atoms with van der Waals surface area (Å²) in [4.78, 5) is 0. The molecule has 1 atom stereocenters. The van der Waals surface area contributed by atoms with Crippen molar-refractivity contribution in [2.75, 3.05) is 5.32 Å². The van der Waals surface area contributed by atoms with Crippen LogP contribution in [0.3, 0.4) is 0 Å². The first-order chi connectivity index (χ1) is 8.97. The standard InChI is InChI=1S/C16H17F2N/c1-10-4-7-14(17)16(8-10)19-12(3)13-6-5-11(2)15(18)9-13/h4-9,12,19H,1-3H3. The lowest BCUT2D eigenvalue weighted by Gasteiger charge is -2.17. The molecule has 0 amide bonds. The fourth-order valence-corrected chi connectivity index (χ4v) is 1.94. The predicted octanol–water partition coefficient (Wildman–Crippen LogP) is 4.75. The average Bonchev–Trinajstić information content (AvgIpc) is 2.37. The van der Waals surface area contributed by atoms with Gasteiger partial charge in [0.15, 0.2) is 0 Å². The van der Waals surface area contributed by atoms with Crippen LogP contribution in [0.2, 0.25) is 0 Å². The lowest BCUT2D eigenvalue weighted by molar-refractivity contribution is 0.613. The topological polar surface area (TPSA) is 12.0 Å². The average molecular weight is 261 g/mol. The summed E-state index contributed by atoms with van der Waals surface area (Å²) in [6.45, 7) is 5.50. The summed E-state index contributed by atoms with van der Waals surface area (Å²) in [5.74, 6) is -0.541. The van der Waals surface area contributed by atoms with Gasteiger partial charge in [0.2, 0.25) is 0 Å². The number of hydrogen-bond acceptors (Lipinski definition) is 1. The van der Waals surface area contributed by atoms with Gasteiger partial charge in [-0.25, -0.2) is 8.78 Å². The molecule has 100 valence electrons. The summed E-state index contributed by atoms with van der Waals surface area (Å²) in [6, 6.07) is 9.80. The number of hydrogen-bond donors (Lipinski definition) is 1. The largest absolute Gasteiger partial charge is 0.376 e. The van der Waals surface area contributed by atoms with E-state index in [0.717, 1.165) is 11.1 Å². The van der Waals surface area contributed by atoms with Crippen LogP contribution in [0.4, 0.5) is 14.5 Å². The molecule has 19 heavy (non-hydrogen) atoms. The minimum absolute atomic E-state index is 0.161. The Hall–Kier alpha value is -1.90. The summed E-state index contributed by atoms with van der Waals surface area (Å²) in [5, 5.41) is 3.07. The molecule has 2 aromatic rings. The molecule has 0 spiro atoms. The summed E-state index contributed by atoms with van der Waals surface area (Å²) < 4.78 is 27.2. The Balaban J connectivity index is 2.22. The molecule has 1 N–H and O–H groups in total. The second-order valence-corrected chi connectivity index (χ2v) is 4.86. The highest BCUT2D eigenvalue weighted by Crippen LogP contribution is 2.23. The number of halogens is 2. The van der Waals surface area contributed by atoms with Crippen molar-refractivity contribution in [3.63, 3.8) is 0 Å². The molecule has 0 aliphatic carbocycles. The van der Waals surface area contributed by atoms with Crippen molar-refractivity contribution in [1.82, 2.24) is 0 Å². The lowest BCUT2D eigenvalue weighted by atomic mass is 10.1. The molecule has 1 nitrogen and oxygen atoms in total. The third kappa shape index (κ3) is 3.11. The van der Waals surface area contributed by atoms with Gasteiger partial charge in [-0.2, -0.15) is 0 Å². The molecule has 0 saturated heterocycles. The molecule has 2 rings (SSSR count). The van der Waals surface area contributed by atoms with Crippen molar-refractivity contribution in [2.45, 2.75) is 26.8 Å². The third-order valence-electron chi connectivity index (χ3n) is 3.19. The number of anilines is 1. The van der Waals surface area contributed by atoms with Gasteiger partial charge in [-0.05, 0) is 55.7 Å². The minimum Gasteiger partial charge on any atom is -0.376 e. The highest BCUT2D eigenvalue weighted by molar-refractivity contribution is 5.49. The molecule has 0 aliphatic heterocycles. The van der Waals surface area contributed by atoms with Gasteiger partial charge in [0, 0.05) is 6.04 Å². The number of benzene rings is 2.